The molecule has 0 saturated carbocycles. The lowest BCUT2D eigenvalue weighted by Gasteiger charge is -2.19. The molecule has 0 atom stereocenters. The maximum Gasteiger partial charge on any atom is 0.309 e. The lowest BCUT2D eigenvalue weighted by Crippen LogP contribution is -2.26. The summed E-state index contributed by atoms with van der Waals surface area (Å²) in [6, 6.07) is 5.61. The van der Waals surface area contributed by atoms with Crippen LogP contribution < -0.4 is 4.74 Å². The number of benzene rings is 1. The monoisotopic (exact) mass is 248 g/mol. The highest BCUT2D eigenvalue weighted by atomic mass is 16.5. The Morgan fingerprint density at radius 2 is 2.17 bits per heavy atom. The fourth-order valence-electron chi connectivity index (χ4n) is 1.95. The maximum atomic E-state index is 11.1. The van der Waals surface area contributed by atoms with Gasteiger partial charge in [-0.25, -0.2) is 0 Å². The molecule has 0 fully saturated rings. The number of ether oxygens (including phenoxy) is 1. The first kappa shape index (κ1) is 12.5. The van der Waals surface area contributed by atoms with Crippen LogP contribution in [0.3, 0.4) is 0 Å². The summed E-state index contributed by atoms with van der Waals surface area (Å²) in [7, 11) is 1.57. The summed E-state index contributed by atoms with van der Waals surface area (Å²) in [4.78, 5) is 11.1. The van der Waals surface area contributed by atoms with Gasteiger partial charge in [-0.15, -0.1) is 0 Å². The number of hydrogen-bond donors (Lipinski definition) is 1. The highest BCUT2D eigenvalue weighted by Gasteiger charge is 2.27. The van der Waals surface area contributed by atoms with E-state index in [9.17, 15) is 4.79 Å². The van der Waals surface area contributed by atoms with Crippen LogP contribution in [0.25, 0.3) is 11.0 Å². The second-order valence-corrected chi connectivity index (χ2v) is 5.00. The van der Waals surface area contributed by atoms with E-state index < -0.39 is 11.4 Å². The third-order valence-electron chi connectivity index (χ3n) is 3.02. The first-order chi connectivity index (χ1) is 8.44. The second-order valence-electron chi connectivity index (χ2n) is 5.00. The number of carboxylic acids is 1. The Balaban J connectivity index is 2.43. The third-order valence-corrected chi connectivity index (χ3v) is 3.02. The van der Waals surface area contributed by atoms with Crippen molar-refractivity contribution in [1.82, 2.24) is 0 Å². The lowest BCUT2D eigenvalue weighted by atomic mass is 9.85. The van der Waals surface area contributed by atoms with Crippen LogP contribution in [0.2, 0.25) is 0 Å². The molecule has 2 aromatic rings. The quantitative estimate of drug-likeness (QED) is 0.903. The van der Waals surface area contributed by atoms with Crippen LogP contribution in [0.5, 0.6) is 5.75 Å². The Morgan fingerprint density at radius 1 is 1.44 bits per heavy atom. The van der Waals surface area contributed by atoms with E-state index in [2.05, 4.69) is 0 Å². The highest BCUT2D eigenvalue weighted by Crippen LogP contribution is 2.31. The Kier molecular flexibility index (Phi) is 3.03. The minimum Gasteiger partial charge on any atom is -0.493 e. The molecular formula is C14H16O4. The van der Waals surface area contributed by atoms with Crippen molar-refractivity contribution in [3.05, 3.63) is 30.0 Å². The van der Waals surface area contributed by atoms with Crippen LogP contribution in [-0.2, 0) is 11.2 Å². The SMILES string of the molecule is COc1cc(CC(C)(C)C(=O)O)cc2ccoc12. The van der Waals surface area contributed by atoms with Crippen molar-refractivity contribution >= 4 is 16.9 Å². The van der Waals surface area contributed by atoms with Gasteiger partial charge in [0.1, 0.15) is 0 Å². The fraction of sp³-hybridized carbons (Fsp3) is 0.357. The van der Waals surface area contributed by atoms with Gasteiger partial charge < -0.3 is 14.3 Å². The van der Waals surface area contributed by atoms with Gasteiger partial charge in [0.15, 0.2) is 11.3 Å². The summed E-state index contributed by atoms with van der Waals surface area (Å²) >= 11 is 0. The highest BCUT2D eigenvalue weighted by molar-refractivity contribution is 5.84. The molecule has 18 heavy (non-hydrogen) atoms. The standard InChI is InChI=1S/C14H16O4/c1-14(2,13(15)16)8-9-6-10-4-5-18-12(10)11(7-9)17-3/h4-7H,8H2,1-3H3,(H,15,16). The second kappa shape index (κ2) is 4.37. The molecule has 96 valence electrons. The average Bonchev–Trinajstić information content (AvgIpc) is 2.75. The molecule has 0 bridgehead atoms. The molecular weight excluding hydrogens is 232 g/mol. The molecule has 0 aliphatic carbocycles. The van der Waals surface area contributed by atoms with Gasteiger partial charge in [-0.3, -0.25) is 4.79 Å². The molecule has 0 unspecified atom stereocenters. The number of methoxy groups -OCH3 is 1. The largest absolute Gasteiger partial charge is 0.493 e. The predicted molar refractivity (Wildman–Crippen MR) is 67.9 cm³/mol. The number of aliphatic carboxylic acids is 1. The van der Waals surface area contributed by atoms with Crippen molar-refractivity contribution in [3.8, 4) is 5.75 Å². The molecule has 0 saturated heterocycles. The maximum absolute atomic E-state index is 11.1. The van der Waals surface area contributed by atoms with Crippen LogP contribution in [0.15, 0.2) is 28.9 Å². The van der Waals surface area contributed by atoms with Crippen molar-refractivity contribution in [2.75, 3.05) is 7.11 Å². The van der Waals surface area contributed by atoms with E-state index in [1.807, 2.05) is 18.2 Å². The van der Waals surface area contributed by atoms with Gasteiger partial charge in [0.05, 0.1) is 18.8 Å². The lowest BCUT2D eigenvalue weighted by molar-refractivity contribution is -0.146. The summed E-state index contributed by atoms with van der Waals surface area (Å²) < 4.78 is 10.6. The van der Waals surface area contributed by atoms with E-state index in [0.29, 0.717) is 17.8 Å². The molecule has 0 radical (unpaired) electrons. The van der Waals surface area contributed by atoms with Crippen molar-refractivity contribution < 1.29 is 19.1 Å². The van der Waals surface area contributed by atoms with E-state index in [0.717, 1.165) is 10.9 Å². The van der Waals surface area contributed by atoms with E-state index in [-0.39, 0.29) is 0 Å². The zero-order valence-electron chi connectivity index (χ0n) is 10.7. The summed E-state index contributed by atoms with van der Waals surface area (Å²) in [6.45, 7) is 3.42. The Labute approximate surface area is 105 Å². The molecule has 2 rings (SSSR count). The fourth-order valence-corrected chi connectivity index (χ4v) is 1.95. The molecule has 1 aromatic heterocycles. The molecule has 0 spiro atoms. The number of fused-ring (bicyclic) bond motifs is 1. The molecule has 4 nitrogen and oxygen atoms in total. The molecule has 0 aliphatic rings. The zero-order chi connectivity index (χ0) is 13.3. The number of carboxylic acid groups (broad SMARTS) is 1. The van der Waals surface area contributed by atoms with Crippen LogP contribution in [0, 0.1) is 5.41 Å². The number of hydrogen-bond acceptors (Lipinski definition) is 3. The van der Waals surface area contributed by atoms with Crippen LogP contribution in [0.4, 0.5) is 0 Å². The van der Waals surface area contributed by atoms with Crippen molar-refractivity contribution in [2.24, 2.45) is 5.41 Å². The van der Waals surface area contributed by atoms with Gasteiger partial charge in [0.2, 0.25) is 0 Å². The third kappa shape index (κ3) is 2.18. The number of furan rings is 1. The van der Waals surface area contributed by atoms with Crippen LogP contribution in [0.1, 0.15) is 19.4 Å². The summed E-state index contributed by atoms with van der Waals surface area (Å²) in [5.74, 6) is -0.178. The van der Waals surface area contributed by atoms with Gasteiger partial charge in [-0.05, 0) is 44.0 Å². The van der Waals surface area contributed by atoms with Gasteiger partial charge >= 0.3 is 5.97 Å². The summed E-state index contributed by atoms with van der Waals surface area (Å²) in [5.41, 5.74) is 0.810. The molecule has 1 heterocycles. The van der Waals surface area contributed by atoms with Crippen molar-refractivity contribution in [1.29, 1.82) is 0 Å². The van der Waals surface area contributed by atoms with Crippen molar-refractivity contribution in [2.45, 2.75) is 20.3 Å². The minimum absolute atomic E-state index is 0.444. The Bertz CT molecular complexity index is 580. The van der Waals surface area contributed by atoms with Gasteiger partial charge in [0.25, 0.3) is 0 Å². The van der Waals surface area contributed by atoms with Gasteiger partial charge in [-0.1, -0.05) is 0 Å². The summed E-state index contributed by atoms with van der Waals surface area (Å²) in [6.07, 6.45) is 2.04. The Morgan fingerprint density at radius 3 is 2.78 bits per heavy atom. The topological polar surface area (TPSA) is 59.7 Å². The number of rotatable bonds is 4. The minimum atomic E-state index is -0.811. The molecule has 4 heteroatoms. The zero-order valence-corrected chi connectivity index (χ0v) is 10.7. The van der Waals surface area contributed by atoms with Crippen LogP contribution >= 0.6 is 0 Å². The van der Waals surface area contributed by atoms with E-state index in [4.69, 9.17) is 14.3 Å². The summed E-state index contributed by atoms with van der Waals surface area (Å²) in [5, 5.41) is 10.1. The number of carbonyl (C=O) groups is 1. The van der Waals surface area contributed by atoms with Crippen molar-refractivity contribution in [3.63, 3.8) is 0 Å². The Hall–Kier alpha value is -1.97. The van der Waals surface area contributed by atoms with Gasteiger partial charge in [0, 0.05) is 5.39 Å². The van der Waals surface area contributed by atoms with E-state index in [1.54, 1.807) is 27.2 Å². The van der Waals surface area contributed by atoms with Gasteiger partial charge in [-0.2, -0.15) is 0 Å². The smallest absolute Gasteiger partial charge is 0.309 e. The molecule has 0 amide bonds. The normalized spacial score (nSPS) is 11.7. The predicted octanol–water partition coefficient (Wildman–Crippen LogP) is 3.09. The average molecular weight is 248 g/mol. The molecule has 0 aliphatic heterocycles. The molecule has 1 aromatic carbocycles. The first-order valence-corrected chi connectivity index (χ1v) is 5.71. The van der Waals surface area contributed by atoms with E-state index in [1.165, 1.54) is 0 Å². The molecule has 1 N–H and O–H groups in total. The first-order valence-electron chi connectivity index (χ1n) is 5.71. The van der Waals surface area contributed by atoms with E-state index >= 15 is 0 Å². The van der Waals surface area contributed by atoms with Crippen LogP contribution in [-0.4, -0.2) is 18.2 Å².